The molecule has 1 aromatic heterocycles. The van der Waals surface area contributed by atoms with E-state index in [-0.39, 0.29) is 16.9 Å². The van der Waals surface area contributed by atoms with Crippen LogP contribution < -0.4 is 11.1 Å². The number of carbonyl (C=O) groups excluding carboxylic acids is 1. The van der Waals surface area contributed by atoms with Gasteiger partial charge in [-0.3, -0.25) is 9.00 Å². The molecule has 9 heteroatoms. The van der Waals surface area contributed by atoms with E-state index in [2.05, 4.69) is 43.8 Å². The van der Waals surface area contributed by atoms with Crippen LogP contribution in [-0.2, 0) is 10.4 Å². The van der Waals surface area contributed by atoms with Gasteiger partial charge in [-0.15, -0.1) is 0 Å². The highest BCUT2D eigenvalue weighted by atomic mass is 35.5. The number of hydrogen-bond donors (Lipinski definition) is 2. The maximum atomic E-state index is 13.1. The number of hydrogen-bond acceptors (Lipinski definition) is 6. The molecule has 2 unspecified atom stereocenters. The van der Waals surface area contributed by atoms with Gasteiger partial charge in [0, 0.05) is 26.9 Å². The van der Waals surface area contributed by atoms with E-state index in [9.17, 15) is 9.00 Å². The van der Waals surface area contributed by atoms with Gasteiger partial charge in [-0.2, -0.15) is 0 Å². The normalized spacial score (nSPS) is 14.1. The summed E-state index contributed by atoms with van der Waals surface area (Å²) in [5.41, 5.74) is 8.20. The number of anilines is 2. The summed E-state index contributed by atoms with van der Waals surface area (Å²) in [4.78, 5) is 17.8. The highest BCUT2D eigenvalue weighted by Gasteiger charge is 2.22. The molecule has 2 aromatic rings. The molecule has 2 atom stereocenters. The summed E-state index contributed by atoms with van der Waals surface area (Å²) < 4.78 is 12.7. The minimum absolute atomic E-state index is 0.185. The third-order valence-electron chi connectivity index (χ3n) is 5.15. The van der Waals surface area contributed by atoms with Gasteiger partial charge >= 0.3 is 0 Å². The fourth-order valence-electron chi connectivity index (χ4n) is 3.32. The molecule has 0 saturated carbocycles. The molecule has 180 valence electrons. The van der Waals surface area contributed by atoms with E-state index in [0.717, 1.165) is 36.7 Å². The standard InChI is InChI=1S/C24H33ClN3O2PS2/c1-6-11-17(13-10-15-31(5)33(30)18(7-2)8-3)27-24-28-23(26)22(32-24)21(29)20-16(4)12-9-14-19(20)25/h9-14,18H,6-8,15,26H2,1-5H3,(H,27,28)/b13-10-,17-11+. The predicted octanol–water partition coefficient (Wildman–Crippen LogP) is 7.14. The van der Waals surface area contributed by atoms with Crippen LogP contribution in [0.4, 0.5) is 10.9 Å². The third-order valence-corrected chi connectivity index (χ3v) is 12.2. The Morgan fingerprint density at radius 1 is 1.33 bits per heavy atom. The fourth-order valence-corrected chi connectivity index (χ4v) is 9.22. The number of nitrogens with zero attached hydrogens (tertiary/aromatic N) is 1. The number of nitrogens with one attached hydrogen (secondary N) is 1. The van der Waals surface area contributed by atoms with Crippen LogP contribution in [0.2, 0.25) is 5.02 Å². The zero-order valence-electron chi connectivity index (χ0n) is 19.9. The fraction of sp³-hybridized carbons (Fsp3) is 0.417. The van der Waals surface area contributed by atoms with Gasteiger partial charge in [-0.25, -0.2) is 4.98 Å². The smallest absolute Gasteiger partial charge is 0.208 e. The van der Waals surface area contributed by atoms with Gasteiger partial charge < -0.3 is 11.1 Å². The zero-order valence-corrected chi connectivity index (χ0v) is 23.1. The predicted molar refractivity (Wildman–Crippen MR) is 148 cm³/mol. The molecule has 0 bridgehead atoms. The summed E-state index contributed by atoms with van der Waals surface area (Å²) >= 11 is 7.48. The average Bonchev–Trinajstić information content (AvgIpc) is 3.14. The SMILES string of the molecule is CC/C=C(\C=C/CP(C)S(=O)C(CC)CC)Nc1nc(N)c(C(=O)c2c(C)cccc2Cl)s1. The van der Waals surface area contributed by atoms with Crippen molar-refractivity contribution in [3.63, 3.8) is 0 Å². The van der Waals surface area contributed by atoms with Crippen LogP contribution in [0.15, 0.2) is 42.1 Å². The second kappa shape index (κ2) is 13.4. The van der Waals surface area contributed by atoms with Crippen molar-refractivity contribution < 1.29 is 9.00 Å². The third kappa shape index (κ3) is 7.48. The number of nitrogens with two attached hydrogens (primary N) is 1. The zero-order chi connectivity index (χ0) is 24.5. The van der Waals surface area contributed by atoms with Crippen molar-refractivity contribution >= 4 is 57.2 Å². The number of benzene rings is 1. The summed E-state index contributed by atoms with van der Waals surface area (Å²) in [5.74, 6) is -0.0393. The van der Waals surface area contributed by atoms with Gasteiger partial charge in [0.25, 0.3) is 0 Å². The van der Waals surface area contributed by atoms with E-state index in [4.69, 9.17) is 17.3 Å². The highest BCUT2D eigenvalue weighted by molar-refractivity contribution is 8.46. The Kier molecular flexibility index (Phi) is 11.2. The van der Waals surface area contributed by atoms with E-state index in [1.54, 1.807) is 6.07 Å². The maximum absolute atomic E-state index is 13.1. The van der Waals surface area contributed by atoms with Gasteiger partial charge in [0.2, 0.25) is 5.78 Å². The lowest BCUT2D eigenvalue weighted by Gasteiger charge is -2.17. The monoisotopic (exact) mass is 525 g/mol. The van der Waals surface area contributed by atoms with E-state index >= 15 is 0 Å². The van der Waals surface area contributed by atoms with Crippen LogP contribution in [0, 0.1) is 6.92 Å². The topological polar surface area (TPSA) is 85.1 Å². The molecule has 0 radical (unpaired) electrons. The molecule has 0 aliphatic carbocycles. The average molecular weight is 526 g/mol. The van der Waals surface area contributed by atoms with Gasteiger partial charge in [0.15, 0.2) is 5.13 Å². The van der Waals surface area contributed by atoms with Crippen molar-refractivity contribution in [3.05, 3.63) is 63.2 Å². The second-order valence-corrected chi connectivity index (χ2v) is 14.8. The number of ketones is 1. The lowest BCUT2D eigenvalue weighted by atomic mass is 10.0. The van der Waals surface area contributed by atoms with E-state index < -0.39 is 17.5 Å². The lowest BCUT2D eigenvalue weighted by molar-refractivity contribution is 0.104. The number of allylic oxidation sites excluding steroid dienone is 3. The molecule has 0 spiro atoms. The largest absolute Gasteiger partial charge is 0.382 e. The summed E-state index contributed by atoms with van der Waals surface area (Å²) in [6.07, 6.45) is 9.61. The molecule has 0 aliphatic rings. The Hall–Kier alpha value is -1.53. The molecule has 33 heavy (non-hydrogen) atoms. The van der Waals surface area contributed by atoms with E-state index in [1.807, 2.05) is 31.2 Å². The molecule has 2 rings (SSSR count). The van der Waals surface area contributed by atoms with Crippen LogP contribution in [0.1, 0.15) is 60.8 Å². The first-order valence-electron chi connectivity index (χ1n) is 11.0. The Bertz CT molecular complexity index is 1030. The lowest BCUT2D eigenvalue weighted by Crippen LogP contribution is -2.11. The Morgan fingerprint density at radius 2 is 2.03 bits per heavy atom. The number of rotatable bonds is 12. The van der Waals surface area contributed by atoms with Gasteiger partial charge in [-0.1, -0.05) is 68.0 Å². The molecule has 3 N–H and O–H groups in total. The van der Waals surface area contributed by atoms with Crippen LogP contribution in [0.5, 0.6) is 0 Å². The number of carbonyl (C=O) groups is 1. The molecule has 0 fully saturated rings. The van der Waals surface area contributed by atoms with Crippen molar-refractivity contribution in [1.82, 2.24) is 4.98 Å². The molecule has 5 nitrogen and oxygen atoms in total. The van der Waals surface area contributed by atoms with Crippen LogP contribution in [0.3, 0.4) is 0 Å². The first kappa shape index (κ1) is 27.7. The van der Waals surface area contributed by atoms with E-state index in [1.165, 1.54) is 11.3 Å². The molecule has 0 saturated heterocycles. The number of thiazole rings is 1. The minimum Gasteiger partial charge on any atom is -0.382 e. The molecular weight excluding hydrogens is 493 g/mol. The number of aryl methyl sites for hydroxylation is 1. The van der Waals surface area contributed by atoms with Gasteiger partial charge in [0.1, 0.15) is 10.7 Å². The maximum Gasteiger partial charge on any atom is 0.208 e. The van der Waals surface area contributed by atoms with Crippen molar-refractivity contribution in [3.8, 4) is 0 Å². The molecule has 0 aliphatic heterocycles. The van der Waals surface area contributed by atoms with Crippen LogP contribution in [0.25, 0.3) is 0 Å². The summed E-state index contributed by atoms with van der Waals surface area (Å²) in [6, 6.07) is 5.36. The minimum atomic E-state index is -0.788. The summed E-state index contributed by atoms with van der Waals surface area (Å²) in [5, 5.41) is 4.49. The number of aromatic nitrogens is 1. The van der Waals surface area contributed by atoms with Crippen molar-refractivity contribution in [2.24, 2.45) is 0 Å². The Labute approximate surface area is 209 Å². The summed E-state index contributed by atoms with van der Waals surface area (Å²) in [7, 11) is -1.38. The summed E-state index contributed by atoms with van der Waals surface area (Å²) in [6.45, 7) is 10.2. The van der Waals surface area contributed by atoms with Gasteiger partial charge in [0.05, 0.1) is 5.02 Å². The van der Waals surface area contributed by atoms with Gasteiger partial charge in [-0.05, 0) is 63.8 Å². The first-order valence-corrected chi connectivity index (χ1v) is 16.0. The molecular formula is C24H33ClN3O2PS2. The van der Waals surface area contributed by atoms with Crippen LogP contribution in [-0.4, -0.2) is 33.1 Å². The first-order chi connectivity index (χ1) is 15.7. The molecule has 0 amide bonds. The highest BCUT2D eigenvalue weighted by Crippen LogP contribution is 2.39. The molecule has 1 aromatic carbocycles. The second-order valence-electron chi connectivity index (χ2n) is 7.61. The van der Waals surface area contributed by atoms with E-state index in [0.29, 0.717) is 20.6 Å². The van der Waals surface area contributed by atoms with Crippen LogP contribution >= 0.6 is 30.1 Å². The number of nitrogen functional groups attached to an aromatic ring is 1. The van der Waals surface area contributed by atoms with Crippen molar-refractivity contribution in [2.75, 3.05) is 23.9 Å². The number of halogens is 1. The molecule has 1 heterocycles. The van der Waals surface area contributed by atoms with Crippen molar-refractivity contribution in [1.29, 1.82) is 0 Å². The van der Waals surface area contributed by atoms with Crippen molar-refractivity contribution in [2.45, 2.75) is 52.2 Å². The quantitative estimate of drug-likeness (QED) is 0.175. The Morgan fingerprint density at radius 3 is 2.64 bits per heavy atom. The Balaban J connectivity index is 2.14.